The fourth-order valence-electron chi connectivity index (χ4n) is 4.41. The van der Waals surface area contributed by atoms with Crippen molar-refractivity contribution in [1.82, 2.24) is 9.88 Å². The minimum Gasteiger partial charge on any atom is -0.389 e. The summed E-state index contributed by atoms with van der Waals surface area (Å²) in [5.74, 6) is 1.39. The molecule has 1 aliphatic carbocycles. The van der Waals surface area contributed by atoms with Crippen LogP contribution in [-0.2, 0) is 13.0 Å². The summed E-state index contributed by atoms with van der Waals surface area (Å²) >= 11 is 0. The molecule has 1 N–H and O–H groups in total. The normalized spacial score (nSPS) is 19.4. The van der Waals surface area contributed by atoms with Gasteiger partial charge in [0.25, 0.3) is 0 Å². The van der Waals surface area contributed by atoms with Crippen molar-refractivity contribution < 1.29 is 0 Å². The minimum atomic E-state index is 0.642. The second-order valence-electron chi connectivity index (χ2n) is 8.39. The van der Waals surface area contributed by atoms with E-state index in [9.17, 15) is 0 Å². The summed E-state index contributed by atoms with van der Waals surface area (Å²) in [6.45, 7) is 14.7. The zero-order valence-corrected chi connectivity index (χ0v) is 17.3. The lowest BCUT2D eigenvalue weighted by atomic mass is 9.80. The molecule has 1 heterocycles. The molecule has 1 aromatic carbocycles. The number of unbranched alkanes of at least 4 members (excludes halogenated alkanes) is 2. The fourth-order valence-corrected chi connectivity index (χ4v) is 4.41. The summed E-state index contributed by atoms with van der Waals surface area (Å²) in [6.07, 6.45) is 10.0. The number of allylic oxidation sites excluding steroid dienone is 1. The van der Waals surface area contributed by atoms with E-state index in [0.29, 0.717) is 5.92 Å². The lowest BCUT2D eigenvalue weighted by Crippen LogP contribution is -2.31. The van der Waals surface area contributed by atoms with Gasteiger partial charge in [0.15, 0.2) is 0 Å². The zero-order chi connectivity index (χ0) is 19.8. The molecular weight excluding hydrogens is 340 g/mol. The SMILES string of the molecule is C=C(NCCCCCc1ccccc1)C1CCC(Cn2c(=C)ccc2=C)CC1. The van der Waals surface area contributed by atoms with Crippen LogP contribution in [0.15, 0.2) is 54.7 Å². The van der Waals surface area contributed by atoms with Crippen molar-refractivity contribution in [2.45, 2.75) is 57.9 Å². The van der Waals surface area contributed by atoms with E-state index in [1.807, 2.05) is 0 Å². The second kappa shape index (κ2) is 10.4. The van der Waals surface area contributed by atoms with Crippen molar-refractivity contribution in [2.24, 2.45) is 11.8 Å². The van der Waals surface area contributed by atoms with Crippen LogP contribution in [0.25, 0.3) is 13.2 Å². The molecule has 1 fully saturated rings. The molecule has 0 radical (unpaired) electrons. The van der Waals surface area contributed by atoms with E-state index in [-0.39, 0.29) is 0 Å². The number of rotatable bonds is 10. The van der Waals surface area contributed by atoms with E-state index in [0.717, 1.165) is 29.7 Å². The Balaban J connectivity index is 1.29. The van der Waals surface area contributed by atoms with Crippen molar-refractivity contribution in [1.29, 1.82) is 0 Å². The molecule has 2 aromatic rings. The van der Waals surface area contributed by atoms with Crippen molar-refractivity contribution in [3.8, 4) is 0 Å². The van der Waals surface area contributed by atoms with E-state index in [4.69, 9.17) is 0 Å². The van der Waals surface area contributed by atoms with Gasteiger partial charge in [-0.2, -0.15) is 0 Å². The number of hydrogen-bond acceptors (Lipinski definition) is 1. The maximum atomic E-state index is 4.34. The topological polar surface area (TPSA) is 17.0 Å². The van der Waals surface area contributed by atoms with E-state index >= 15 is 0 Å². The molecule has 1 aromatic heterocycles. The van der Waals surface area contributed by atoms with Crippen molar-refractivity contribution in [2.75, 3.05) is 6.54 Å². The Bertz CT molecular complexity index is 798. The molecule has 0 atom stereocenters. The summed E-state index contributed by atoms with van der Waals surface area (Å²) < 4.78 is 2.27. The van der Waals surface area contributed by atoms with Crippen LogP contribution < -0.4 is 16.0 Å². The van der Waals surface area contributed by atoms with Gasteiger partial charge in [-0.15, -0.1) is 0 Å². The quantitative estimate of drug-likeness (QED) is 0.598. The number of aryl methyl sites for hydroxylation is 1. The molecule has 0 aliphatic heterocycles. The third-order valence-corrected chi connectivity index (χ3v) is 6.28. The van der Waals surface area contributed by atoms with Gasteiger partial charge in [-0.25, -0.2) is 0 Å². The standard InChI is InChI=1S/C26H36N2/c1-21-13-14-22(2)28(21)20-25-15-17-26(18-16-25)23(3)27-19-9-5-8-12-24-10-6-4-7-11-24/h4,6-7,10-11,13-14,25-27H,1-3,5,8-9,12,15-20H2. The van der Waals surface area contributed by atoms with E-state index in [1.165, 1.54) is 62.6 Å². The highest BCUT2D eigenvalue weighted by Gasteiger charge is 2.23. The number of hydrogen-bond donors (Lipinski definition) is 1. The monoisotopic (exact) mass is 376 g/mol. The molecule has 0 amide bonds. The summed E-state index contributed by atoms with van der Waals surface area (Å²) in [7, 11) is 0. The number of benzene rings is 1. The minimum absolute atomic E-state index is 0.642. The molecule has 0 bridgehead atoms. The third kappa shape index (κ3) is 5.89. The lowest BCUT2D eigenvalue weighted by Gasteiger charge is -2.30. The average Bonchev–Trinajstić information content (AvgIpc) is 3.04. The van der Waals surface area contributed by atoms with Gasteiger partial charge in [-0.05, 0) is 74.5 Å². The van der Waals surface area contributed by atoms with Crippen LogP contribution in [0, 0.1) is 11.8 Å². The molecule has 1 aliphatic rings. The van der Waals surface area contributed by atoms with Crippen LogP contribution in [-0.4, -0.2) is 11.1 Å². The number of nitrogens with one attached hydrogen (secondary N) is 1. The number of aromatic nitrogens is 1. The van der Waals surface area contributed by atoms with Crippen LogP contribution in [0.4, 0.5) is 0 Å². The van der Waals surface area contributed by atoms with Crippen LogP contribution in [0.1, 0.15) is 50.5 Å². The van der Waals surface area contributed by atoms with Gasteiger partial charge < -0.3 is 9.88 Å². The Kier molecular flexibility index (Phi) is 7.59. The van der Waals surface area contributed by atoms with E-state index < -0.39 is 0 Å². The largest absolute Gasteiger partial charge is 0.389 e. The maximum absolute atomic E-state index is 4.34. The molecule has 2 nitrogen and oxygen atoms in total. The maximum Gasteiger partial charge on any atom is 0.0338 e. The molecule has 1 saturated carbocycles. The predicted molar refractivity (Wildman–Crippen MR) is 121 cm³/mol. The second-order valence-corrected chi connectivity index (χ2v) is 8.39. The van der Waals surface area contributed by atoms with Crippen LogP contribution >= 0.6 is 0 Å². The fraction of sp³-hybridized carbons (Fsp3) is 0.462. The molecule has 2 heteroatoms. The highest BCUT2D eigenvalue weighted by atomic mass is 15.0. The Morgan fingerprint density at radius 1 is 0.893 bits per heavy atom. The van der Waals surface area contributed by atoms with Gasteiger partial charge in [-0.1, -0.05) is 56.5 Å². The van der Waals surface area contributed by atoms with Gasteiger partial charge in [0.2, 0.25) is 0 Å². The van der Waals surface area contributed by atoms with Crippen LogP contribution in [0.5, 0.6) is 0 Å². The Labute approximate surface area is 170 Å². The van der Waals surface area contributed by atoms with E-state index in [2.05, 4.69) is 72.1 Å². The van der Waals surface area contributed by atoms with Gasteiger partial charge in [0.1, 0.15) is 0 Å². The van der Waals surface area contributed by atoms with E-state index in [1.54, 1.807) is 0 Å². The summed E-state index contributed by atoms with van der Waals surface area (Å²) in [6, 6.07) is 14.9. The highest BCUT2D eigenvalue weighted by molar-refractivity contribution is 5.14. The van der Waals surface area contributed by atoms with Crippen LogP contribution in [0.3, 0.4) is 0 Å². The third-order valence-electron chi connectivity index (χ3n) is 6.28. The summed E-state index contributed by atoms with van der Waals surface area (Å²) in [5, 5.41) is 5.79. The first-order chi connectivity index (χ1) is 13.6. The van der Waals surface area contributed by atoms with Crippen molar-refractivity contribution in [3.05, 3.63) is 71.0 Å². The molecule has 28 heavy (non-hydrogen) atoms. The molecule has 150 valence electrons. The molecule has 0 saturated heterocycles. The highest BCUT2D eigenvalue weighted by Crippen LogP contribution is 2.32. The van der Waals surface area contributed by atoms with Gasteiger partial charge in [0, 0.05) is 29.5 Å². The Hall–Kier alpha value is -2.22. The number of nitrogens with zero attached hydrogens (tertiary/aromatic N) is 1. The van der Waals surface area contributed by atoms with Crippen molar-refractivity contribution in [3.63, 3.8) is 0 Å². The summed E-state index contributed by atoms with van der Waals surface area (Å²) in [4.78, 5) is 0. The molecule has 0 spiro atoms. The van der Waals surface area contributed by atoms with Crippen molar-refractivity contribution >= 4 is 13.2 Å². The first kappa shape index (κ1) is 20.5. The Morgan fingerprint density at radius 2 is 1.57 bits per heavy atom. The van der Waals surface area contributed by atoms with Crippen LogP contribution in [0.2, 0.25) is 0 Å². The zero-order valence-electron chi connectivity index (χ0n) is 17.3. The van der Waals surface area contributed by atoms with Gasteiger partial charge in [-0.3, -0.25) is 0 Å². The predicted octanol–water partition coefficient (Wildman–Crippen LogP) is 4.63. The lowest BCUT2D eigenvalue weighted by molar-refractivity contribution is 0.266. The Morgan fingerprint density at radius 3 is 2.25 bits per heavy atom. The smallest absolute Gasteiger partial charge is 0.0338 e. The molecule has 0 unspecified atom stereocenters. The average molecular weight is 377 g/mol. The summed E-state index contributed by atoms with van der Waals surface area (Å²) in [5.41, 5.74) is 2.71. The molecule has 3 rings (SSSR count). The molecular formula is C26H36N2. The van der Waals surface area contributed by atoms with Gasteiger partial charge >= 0.3 is 0 Å². The first-order valence-electron chi connectivity index (χ1n) is 10.9. The first-order valence-corrected chi connectivity index (χ1v) is 10.9. The van der Waals surface area contributed by atoms with Gasteiger partial charge in [0.05, 0.1) is 0 Å².